The van der Waals surface area contributed by atoms with Gasteiger partial charge in [-0.2, -0.15) is 0 Å². The highest BCUT2D eigenvalue weighted by atomic mass is 16.5. The summed E-state index contributed by atoms with van der Waals surface area (Å²) in [5.41, 5.74) is -0.102. The molecule has 2 atom stereocenters. The Kier molecular flexibility index (Phi) is 6.17. The van der Waals surface area contributed by atoms with Crippen molar-refractivity contribution in [2.45, 2.75) is 38.9 Å². The van der Waals surface area contributed by atoms with Gasteiger partial charge in [-0.25, -0.2) is 0 Å². The van der Waals surface area contributed by atoms with Crippen molar-refractivity contribution in [2.75, 3.05) is 13.7 Å². The fraction of sp³-hybridized carbons (Fsp3) is 0.562. The molecular formula is C16H25NO3. The largest absolute Gasteiger partial charge is 0.388 e. The van der Waals surface area contributed by atoms with E-state index in [0.717, 1.165) is 5.56 Å². The predicted octanol–water partition coefficient (Wildman–Crippen LogP) is 2.29. The molecule has 0 heterocycles. The summed E-state index contributed by atoms with van der Waals surface area (Å²) in [6.07, 6.45) is -0.0120. The maximum atomic E-state index is 12.2. The monoisotopic (exact) mass is 279 g/mol. The first-order chi connectivity index (χ1) is 9.35. The van der Waals surface area contributed by atoms with Crippen LogP contribution >= 0.6 is 0 Å². The first-order valence-corrected chi connectivity index (χ1v) is 6.93. The Hall–Kier alpha value is -1.39. The Labute approximate surface area is 121 Å². The van der Waals surface area contributed by atoms with E-state index in [2.05, 4.69) is 5.32 Å². The van der Waals surface area contributed by atoms with E-state index in [-0.39, 0.29) is 12.5 Å². The van der Waals surface area contributed by atoms with Crippen LogP contribution in [0.1, 0.15) is 38.9 Å². The number of aliphatic hydroxyl groups is 1. The Balaban J connectivity index is 2.61. The van der Waals surface area contributed by atoms with Gasteiger partial charge >= 0.3 is 0 Å². The molecule has 0 spiro atoms. The van der Waals surface area contributed by atoms with Crippen molar-refractivity contribution in [3.05, 3.63) is 35.9 Å². The molecule has 0 saturated heterocycles. The SMILES string of the molecule is COC(C(=O)NCC(C)(O)CC(C)C)c1ccccc1. The van der Waals surface area contributed by atoms with Gasteiger partial charge < -0.3 is 15.2 Å². The lowest BCUT2D eigenvalue weighted by Crippen LogP contribution is -2.43. The molecule has 0 aromatic heterocycles. The lowest BCUT2D eigenvalue weighted by molar-refractivity contribution is -0.132. The van der Waals surface area contributed by atoms with E-state index < -0.39 is 11.7 Å². The van der Waals surface area contributed by atoms with Crippen LogP contribution in [0, 0.1) is 5.92 Å². The third-order valence-corrected chi connectivity index (χ3v) is 3.07. The number of benzene rings is 1. The number of rotatable bonds is 7. The number of hydrogen-bond donors (Lipinski definition) is 2. The average molecular weight is 279 g/mol. The van der Waals surface area contributed by atoms with E-state index in [1.165, 1.54) is 7.11 Å². The fourth-order valence-electron chi connectivity index (χ4n) is 2.34. The smallest absolute Gasteiger partial charge is 0.253 e. The fourth-order valence-corrected chi connectivity index (χ4v) is 2.34. The predicted molar refractivity (Wildman–Crippen MR) is 79.3 cm³/mol. The van der Waals surface area contributed by atoms with Crippen LogP contribution in [0.5, 0.6) is 0 Å². The summed E-state index contributed by atoms with van der Waals surface area (Å²) in [7, 11) is 1.50. The number of ether oxygens (including phenoxy) is 1. The van der Waals surface area contributed by atoms with E-state index in [4.69, 9.17) is 4.74 Å². The summed E-state index contributed by atoms with van der Waals surface area (Å²) in [5.74, 6) is 0.136. The van der Waals surface area contributed by atoms with Crippen LogP contribution in [0.4, 0.5) is 0 Å². The molecular weight excluding hydrogens is 254 g/mol. The summed E-state index contributed by atoms with van der Waals surface area (Å²) in [4.78, 5) is 12.2. The van der Waals surface area contributed by atoms with Crippen LogP contribution < -0.4 is 5.32 Å². The second-order valence-corrected chi connectivity index (χ2v) is 5.84. The van der Waals surface area contributed by atoms with Crippen LogP contribution in [0.2, 0.25) is 0 Å². The van der Waals surface area contributed by atoms with Gasteiger partial charge in [-0.3, -0.25) is 4.79 Å². The number of methoxy groups -OCH3 is 1. The molecule has 4 heteroatoms. The molecule has 1 amide bonds. The summed E-state index contributed by atoms with van der Waals surface area (Å²) in [6, 6.07) is 9.31. The molecule has 0 aliphatic carbocycles. The van der Waals surface area contributed by atoms with Gasteiger partial charge in [0.15, 0.2) is 6.10 Å². The van der Waals surface area contributed by atoms with Crippen LogP contribution in [0.15, 0.2) is 30.3 Å². The Morgan fingerprint density at radius 1 is 1.35 bits per heavy atom. The second kappa shape index (κ2) is 7.41. The zero-order valence-corrected chi connectivity index (χ0v) is 12.7. The topological polar surface area (TPSA) is 58.6 Å². The van der Waals surface area contributed by atoms with Crippen molar-refractivity contribution in [2.24, 2.45) is 5.92 Å². The summed E-state index contributed by atoms with van der Waals surface area (Å²) in [5, 5.41) is 13.0. The molecule has 20 heavy (non-hydrogen) atoms. The molecule has 1 aromatic carbocycles. The number of carbonyl (C=O) groups excluding carboxylic acids is 1. The van der Waals surface area contributed by atoms with Gasteiger partial charge in [-0.05, 0) is 24.8 Å². The first-order valence-electron chi connectivity index (χ1n) is 6.93. The number of carbonyl (C=O) groups is 1. The van der Waals surface area contributed by atoms with Gasteiger partial charge in [0.25, 0.3) is 5.91 Å². The van der Waals surface area contributed by atoms with Crippen molar-refractivity contribution in [3.63, 3.8) is 0 Å². The molecule has 0 fully saturated rings. The van der Waals surface area contributed by atoms with E-state index in [0.29, 0.717) is 12.3 Å². The van der Waals surface area contributed by atoms with Gasteiger partial charge in [-0.1, -0.05) is 44.2 Å². The van der Waals surface area contributed by atoms with Crippen molar-refractivity contribution in [1.82, 2.24) is 5.32 Å². The van der Waals surface area contributed by atoms with E-state index in [1.54, 1.807) is 6.92 Å². The van der Waals surface area contributed by atoms with Crippen LogP contribution in [-0.4, -0.2) is 30.3 Å². The molecule has 1 rings (SSSR count). The molecule has 2 N–H and O–H groups in total. The average Bonchev–Trinajstić information content (AvgIpc) is 2.37. The normalized spacial score (nSPS) is 15.7. The standard InChI is InChI=1S/C16H25NO3/c1-12(2)10-16(3,19)11-17-15(18)14(20-4)13-8-6-5-7-9-13/h5-9,12,14,19H,10-11H2,1-4H3,(H,17,18). The van der Waals surface area contributed by atoms with Gasteiger partial charge in [0.05, 0.1) is 5.60 Å². The molecule has 112 valence electrons. The molecule has 0 aliphatic rings. The maximum Gasteiger partial charge on any atom is 0.253 e. The van der Waals surface area contributed by atoms with Gasteiger partial charge in [-0.15, -0.1) is 0 Å². The van der Waals surface area contributed by atoms with E-state index in [9.17, 15) is 9.90 Å². The maximum absolute atomic E-state index is 12.2. The molecule has 0 radical (unpaired) electrons. The molecule has 1 aromatic rings. The third kappa shape index (κ3) is 5.31. The Morgan fingerprint density at radius 2 is 1.95 bits per heavy atom. The minimum atomic E-state index is -0.904. The quantitative estimate of drug-likeness (QED) is 0.805. The Morgan fingerprint density at radius 3 is 2.45 bits per heavy atom. The minimum absolute atomic E-state index is 0.219. The zero-order valence-electron chi connectivity index (χ0n) is 12.7. The number of hydrogen-bond acceptors (Lipinski definition) is 3. The van der Waals surface area contributed by atoms with Crippen LogP contribution in [-0.2, 0) is 9.53 Å². The van der Waals surface area contributed by atoms with Gasteiger partial charge in [0.2, 0.25) is 0 Å². The third-order valence-electron chi connectivity index (χ3n) is 3.07. The number of nitrogens with one attached hydrogen (secondary N) is 1. The lowest BCUT2D eigenvalue weighted by Gasteiger charge is -2.26. The summed E-state index contributed by atoms with van der Waals surface area (Å²) < 4.78 is 5.25. The molecule has 4 nitrogen and oxygen atoms in total. The van der Waals surface area contributed by atoms with Crippen molar-refractivity contribution in [3.8, 4) is 0 Å². The van der Waals surface area contributed by atoms with Crippen LogP contribution in [0.3, 0.4) is 0 Å². The second-order valence-electron chi connectivity index (χ2n) is 5.84. The molecule has 0 aliphatic heterocycles. The van der Waals surface area contributed by atoms with Crippen molar-refractivity contribution < 1.29 is 14.6 Å². The summed E-state index contributed by atoms with van der Waals surface area (Å²) >= 11 is 0. The molecule has 0 saturated carbocycles. The summed E-state index contributed by atoms with van der Waals surface area (Å²) in [6.45, 7) is 6.03. The van der Waals surface area contributed by atoms with Crippen LogP contribution in [0.25, 0.3) is 0 Å². The minimum Gasteiger partial charge on any atom is -0.388 e. The first kappa shape index (κ1) is 16.7. The zero-order chi connectivity index (χ0) is 15.2. The Bertz CT molecular complexity index is 415. The van der Waals surface area contributed by atoms with Crippen molar-refractivity contribution >= 4 is 5.91 Å². The van der Waals surface area contributed by atoms with Crippen molar-refractivity contribution in [1.29, 1.82) is 0 Å². The van der Waals surface area contributed by atoms with Gasteiger partial charge in [0, 0.05) is 13.7 Å². The lowest BCUT2D eigenvalue weighted by atomic mass is 9.94. The molecule has 0 bridgehead atoms. The molecule has 2 unspecified atom stereocenters. The highest BCUT2D eigenvalue weighted by Crippen LogP contribution is 2.18. The van der Waals surface area contributed by atoms with Gasteiger partial charge in [0.1, 0.15) is 0 Å². The van der Waals surface area contributed by atoms with E-state index >= 15 is 0 Å². The van der Waals surface area contributed by atoms with E-state index in [1.807, 2.05) is 44.2 Å². The number of amides is 1. The highest BCUT2D eigenvalue weighted by Gasteiger charge is 2.25. The highest BCUT2D eigenvalue weighted by molar-refractivity contribution is 5.82.